The van der Waals surface area contributed by atoms with Crippen LogP contribution in [0.4, 0.5) is 0 Å². The fraction of sp³-hybridized carbons (Fsp3) is 0.500. The van der Waals surface area contributed by atoms with E-state index in [4.69, 9.17) is 0 Å². The summed E-state index contributed by atoms with van der Waals surface area (Å²) >= 11 is 0. The standard InChI is InChI=1S/C16H23N5O2/c1-12(2)15(16(22)23)17-11-14-18-19-20-21(14)10-6-9-13-7-4-3-5-8-13/h3-5,7-8,12,15,17H,6,9-11H2,1-2H3,(H,22,23)/t15-/m0/s1. The number of nitrogens with one attached hydrogen (secondary N) is 1. The molecule has 7 nitrogen and oxygen atoms in total. The van der Waals surface area contributed by atoms with Crippen LogP contribution in [0, 0.1) is 5.92 Å². The molecule has 0 radical (unpaired) electrons. The zero-order valence-electron chi connectivity index (χ0n) is 13.5. The predicted molar refractivity (Wildman–Crippen MR) is 85.7 cm³/mol. The van der Waals surface area contributed by atoms with Crippen molar-refractivity contribution in [2.45, 2.75) is 45.8 Å². The highest BCUT2D eigenvalue weighted by atomic mass is 16.4. The number of aryl methyl sites for hydroxylation is 2. The first-order chi connectivity index (χ1) is 11.1. The van der Waals surface area contributed by atoms with Gasteiger partial charge in [-0.15, -0.1) is 5.10 Å². The van der Waals surface area contributed by atoms with Crippen LogP contribution in [-0.4, -0.2) is 37.3 Å². The van der Waals surface area contributed by atoms with Crippen molar-refractivity contribution >= 4 is 5.97 Å². The number of aromatic nitrogens is 4. The lowest BCUT2D eigenvalue weighted by Crippen LogP contribution is -2.41. The summed E-state index contributed by atoms with van der Waals surface area (Å²) in [5, 5.41) is 23.8. The average molecular weight is 317 g/mol. The molecule has 124 valence electrons. The Morgan fingerprint density at radius 1 is 1.30 bits per heavy atom. The van der Waals surface area contributed by atoms with Crippen LogP contribution in [0.15, 0.2) is 30.3 Å². The molecule has 0 saturated heterocycles. The Morgan fingerprint density at radius 2 is 2.04 bits per heavy atom. The third kappa shape index (κ3) is 5.14. The van der Waals surface area contributed by atoms with Crippen molar-refractivity contribution in [3.8, 4) is 0 Å². The number of nitrogens with zero attached hydrogens (tertiary/aromatic N) is 4. The molecular formula is C16H23N5O2. The van der Waals surface area contributed by atoms with Gasteiger partial charge in [0.2, 0.25) is 0 Å². The van der Waals surface area contributed by atoms with Gasteiger partial charge in [0, 0.05) is 6.54 Å². The number of hydrogen-bond donors (Lipinski definition) is 2. The van der Waals surface area contributed by atoms with E-state index in [2.05, 4.69) is 33.0 Å². The molecule has 0 aliphatic heterocycles. The minimum atomic E-state index is -0.858. The second-order valence-electron chi connectivity index (χ2n) is 5.85. The summed E-state index contributed by atoms with van der Waals surface area (Å²) in [6.45, 7) is 4.79. The number of carboxylic acid groups (broad SMARTS) is 1. The highest BCUT2D eigenvalue weighted by Gasteiger charge is 2.21. The molecule has 2 N–H and O–H groups in total. The SMILES string of the molecule is CC(C)[C@H](NCc1nnnn1CCCc1ccccc1)C(=O)O. The van der Waals surface area contributed by atoms with Crippen molar-refractivity contribution < 1.29 is 9.90 Å². The average Bonchev–Trinajstić information content (AvgIpc) is 2.95. The van der Waals surface area contributed by atoms with Crippen molar-refractivity contribution in [2.24, 2.45) is 5.92 Å². The van der Waals surface area contributed by atoms with Gasteiger partial charge < -0.3 is 5.11 Å². The lowest BCUT2D eigenvalue weighted by Gasteiger charge is -2.17. The minimum Gasteiger partial charge on any atom is -0.480 e. The summed E-state index contributed by atoms with van der Waals surface area (Å²) in [5.41, 5.74) is 1.28. The van der Waals surface area contributed by atoms with Gasteiger partial charge in [-0.3, -0.25) is 10.1 Å². The summed E-state index contributed by atoms with van der Waals surface area (Å²) in [4.78, 5) is 11.2. The van der Waals surface area contributed by atoms with E-state index in [-0.39, 0.29) is 5.92 Å². The Morgan fingerprint density at radius 3 is 2.70 bits per heavy atom. The number of benzene rings is 1. The van der Waals surface area contributed by atoms with Gasteiger partial charge in [0.15, 0.2) is 5.82 Å². The van der Waals surface area contributed by atoms with Gasteiger partial charge >= 0.3 is 5.97 Å². The smallest absolute Gasteiger partial charge is 0.320 e. The Balaban J connectivity index is 1.85. The van der Waals surface area contributed by atoms with Crippen LogP contribution in [0.5, 0.6) is 0 Å². The maximum absolute atomic E-state index is 11.2. The van der Waals surface area contributed by atoms with Crippen LogP contribution in [0.2, 0.25) is 0 Å². The number of carbonyl (C=O) groups is 1. The molecular weight excluding hydrogens is 294 g/mol. The molecule has 7 heteroatoms. The van der Waals surface area contributed by atoms with E-state index in [0.29, 0.717) is 18.9 Å². The van der Waals surface area contributed by atoms with Gasteiger partial charge in [-0.1, -0.05) is 44.2 Å². The maximum Gasteiger partial charge on any atom is 0.320 e. The molecule has 0 spiro atoms. The molecule has 23 heavy (non-hydrogen) atoms. The third-order valence-corrected chi connectivity index (χ3v) is 3.70. The summed E-state index contributed by atoms with van der Waals surface area (Å²) in [7, 11) is 0. The molecule has 1 aromatic carbocycles. The quantitative estimate of drug-likeness (QED) is 0.728. The number of carboxylic acids is 1. The molecule has 0 aliphatic carbocycles. The van der Waals surface area contributed by atoms with Crippen LogP contribution in [0.1, 0.15) is 31.7 Å². The second kappa shape index (κ2) is 8.38. The number of tetrazole rings is 1. The zero-order chi connectivity index (χ0) is 16.7. The molecule has 0 unspecified atom stereocenters. The van der Waals surface area contributed by atoms with Gasteiger partial charge in [-0.25, -0.2) is 4.68 Å². The van der Waals surface area contributed by atoms with E-state index in [9.17, 15) is 9.90 Å². The zero-order valence-corrected chi connectivity index (χ0v) is 13.5. The fourth-order valence-electron chi connectivity index (χ4n) is 2.41. The topological polar surface area (TPSA) is 92.9 Å². The van der Waals surface area contributed by atoms with E-state index in [1.807, 2.05) is 32.0 Å². The first-order valence-corrected chi connectivity index (χ1v) is 7.83. The van der Waals surface area contributed by atoms with Gasteiger partial charge in [0.1, 0.15) is 6.04 Å². The molecule has 0 aliphatic rings. The van der Waals surface area contributed by atoms with E-state index in [1.54, 1.807) is 4.68 Å². The van der Waals surface area contributed by atoms with Gasteiger partial charge in [0.25, 0.3) is 0 Å². The van der Waals surface area contributed by atoms with Crippen LogP contribution in [0.25, 0.3) is 0 Å². The molecule has 1 aromatic heterocycles. The van der Waals surface area contributed by atoms with Gasteiger partial charge in [-0.2, -0.15) is 0 Å². The Kier molecular flexibility index (Phi) is 6.22. The number of aliphatic carboxylic acids is 1. The van der Waals surface area contributed by atoms with Crippen molar-refractivity contribution in [3.05, 3.63) is 41.7 Å². The van der Waals surface area contributed by atoms with E-state index in [0.717, 1.165) is 12.8 Å². The summed E-state index contributed by atoms with van der Waals surface area (Å²) < 4.78 is 1.73. The second-order valence-corrected chi connectivity index (χ2v) is 5.85. The van der Waals surface area contributed by atoms with Crippen LogP contribution >= 0.6 is 0 Å². The normalized spacial score (nSPS) is 12.5. The Labute approximate surface area is 135 Å². The molecule has 2 rings (SSSR count). The molecule has 1 atom stereocenters. The molecule has 0 fully saturated rings. The van der Waals surface area contributed by atoms with Crippen molar-refractivity contribution in [3.63, 3.8) is 0 Å². The van der Waals surface area contributed by atoms with Crippen molar-refractivity contribution in [1.82, 2.24) is 25.5 Å². The highest BCUT2D eigenvalue weighted by Crippen LogP contribution is 2.06. The van der Waals surface area contributed by atoms with E-state index in [1.165, 1.54) is 5.56 Å². The van der Waals surface area contributed by atoms with Gasteiger partial charge in [-0.05, 0) is 34.7 Å². The van der Waals surface area contributed by atoms with E-state index < -0.39 is 12.0 Å². The molecule has 0 saturated carbocycles. The predicted octanol–water partition coefficient (Wildman–Crippen LogP) is 1.50. The van der Waals surface area contributed by atoms with Crippen LogP contribution in [-0.2, 0) is 24.3 Å². The highest BCUT2D eigenvalue weighted by molar-refractivity contribution is 5.73. The van der Waals surface area contributed by atoms with E-state index >= 15 is 0 Å². The van der Waals surface area contributed by atoms with Crippen LogP contribution in [0.3, 0.4) is 0 Å². The number of rotatable bonds is 9. The fourth-order valence-corrected chi connectivity index (χ4v) is 2.41. The summed E-state index contributed by atoms with van der Waals surface area (Å²) in [6, 6.07) is 9.65. The molecule has 0 amide bonds. The molecule has 1 heterocycles. The van der Waals surface area contributed by atoms with Crippen LogP contribution < -0.4 is 5.32 Å². The molecule has 0 bridgehead atoms. The maximum atomic E-state index is 11.2. The monoisotopic (exact) mass is 317 g/mol. The third-order valence-electron chi connectivity index (χ3n) is 3.70. The first-order valence-electron chi connectivity index (χ1n) is 7.83. The first kappa shape index (κ1) is 17.1. The van der Waals surface area contributed by atoms with Crippen molar-refractivity contribution in [1.29, 1.82) is 0 Å². The Hall–Kier alpha value is -2.28. The summed E-state index contributed by atoms with van der Waals surface area (Å²) in [6.07, 6.45) is 1.88. The van der Waals surface area contributed by atoms with Gasteiger partial charge in [0.05, 0.1) is 6.54 Å². The number of hydrogen-bond acceptors (Lipinski definition) is 5. The minimum absolute atomic E-state index is 0.00471. The van der Waals surface area contributed by atoms with Crippen molar-refractivity contribution in [2.75, 3.05) is 0 Å². The summed E-state index contributed by atoms with van der Waals surface area (Å²) in [5.74, 6) is -0.206. The Bertz CT molecular complexity index is 612. The molecule has 2 aromatic rings. The largest absolute Gasteiger partial charge is 0.480 e. The lowest BCUT2D eigenvalue weighted by molar-refractivity contribution is -0.140. The lowest BCUT2D eigenvalue weighted by atomic mass is 10.1.